The number of rotatable bonds is 5. The van der Waals surface area contributed by atoms with E-state index in [1.165, 1.54) is 37.7 Å². The maximum Gasteiger partial charge on any atom is 0.199 e. The fraction of sp³-hybridized carbons (Fsp3) is 0.500. The molecule has 1 aromatic carbocycles. The van der Waals surface area contributed by atoms with Gasteiger partial charge in [-0.3, -0.25) is 0 Å². The summed E-state index contributed by atoms with van der Waals surface area (Å²) in [5, 5.41) is 0. The summed E-state index contributed by atoms with van der Waals surface area (Å²) < 4.78 is 0. The summed E-state index contributed by atoms with van der Waals surface area (Å²) in [6.45, 7) is 3.86. The Morgan fingerprint density at radius 3 is 2.44 bits per heavy atom. The van der Waals surface area contributed by atoms with Gasteiger partial charge in [-0.1, -0.05) is 68.5 Å². The molecule has 0 aromatic heterocycles. The van der Waals surface area contributed by atoms with Crippen LogP contribution in [0.3, 0.4) is 0 Å². The van der Waals surface area contributed by atoms with Gasteiger partial charge in [0, 0.05) is 0 Å². The molecule has 1 atom stereocenters. The molecule has 2 heteroatoms. The van der Waals surface area contributed by atoms with Gasteiger partial charge in [-0.2, -0.15) is 0 Å². The molecule has 0 spiro atoms. The first-order valence-electron chi connectivity index (χ1n) is 7.12. The number of hydrogen-bond donors (Lipinski definition) is 1. The fourth-order valence-corrected chi connectivity index (χ4v) is 6.91. The summed E-state index contributed by atoms with van der Waals surface area (Å²) in [5.74, 6) is 0. The van der Waals surface area contributed by atoms with Gasteiger partial charge in [0.1, 0.15) is 0 Å². The van der Waals surface area contributed by atoms with Crippen molar-refractivity contribution in [3.8, 4) is 0 Å². The molecular weight excluding hydrogens is 236 g/mol. The van der Waals surface area contributed by atoms with Crippen molar-refractivity contribution < 1.29 is 4.80 Å². The third-order valence-corrected chi connectivity index (χ3v) is 8.33. The van der Waals surface area contributed by atoms with Gasteiger partial charge < -0.3 is 4.80 Å². The maximum atomic E-state index is 11.2. The molecule has 2 rings (SSSR count). The fourth-order valence-electron chi connectivity index (χ4n) is 3.22. The van der Waals surface area contributed by atoms with Crippen LogP contribution in [0.15, 0.2) is 43.0 Å². The molecular formula is C16H24OSi. The van der Waals surface area contributed by atoms with Gasteiger partial charge in [0.05, 0.1) is 0 Å². The monoisotopic (exact) mass is 260 g/mol. The zero-order chi connectivity index (χ0) is 12.8. The standard InChI is InChI=1S/C16H24OSi/c1-2-13-18(17,16-11-7-4-8-12-16)14-15-9-5-3-6-10-15/h2-3,5-6,9-10,16-17H,1,4,7-8,11-14H2. The molecule has 0 saturated heterocycles. The van der Waals surface area contributed by atoms with Gasteiger partial charge in [0.2, 0.25) is 0 Å². The normalized spacial score (nSPS) is 20.3. The molecule has 98 valence electrons. The van der Waals surface area contributed by atoms with Crippen molar-refractivity contribution in [2.75, 3.05) is 0 Å². The highest BCUT2D eigenvalue weighted by molar-refractivity contribution is 6.73. The molecule has 1 fully saturated rings. The Labute approximate surface area is 112 Å². The van der Waals surface area contributed by atoms with E-state index >= 15 is 0 Å². The van der Waals surface area contributed by atoms with Crippen LogP contribution in [0, 0.1) is 0 Å². The lowest BCUT2D eigenvalue weighted by molar-refractivity contribution is 0.424. The summed E-state index contributed by atoms with van der Waals surface area (Å²) in [7, 11) is -2.21. The quantitative estimate of drug-likeness (QED) is 0.620. The van der Waals surface area contributed by atoms with Crippen molar-refractivity contribution in [3.63, 3.8) is 0 Å². The predicted octanol–water partition coefficient (Wildman–Crippen LogP) is 4.23. The smallest absolute Gasteiger partial charge is 0.199 e. The largest absolute Gasteiger partial charge is 0.431 e. The Morgan fingerprint density at radius 2 is 1.83 bits per heavy atom. The van der Waals surface area contributed by atoms with E-state index in [4.69, 9.17) is 0 Å². The van der Waals surface area contributed by atoms with Gasteiger partial charge in [0.25, 0.3) is 0 Å². The van der Waals surface area contributed by atoms with E-state index in [9.17, 15) is 4.80 Å². The van der Waals surface area contributed by atoms with Crippen LogP contribution in [0.1, 0.15) is 37.7 Å². The third-order valence-electron chi connectivity index (χ3n) is 4.22. The SMILES string of the molecule is C=CC[Si](O)(Cc1ccccc1)C1CCCCC1. The van der Waals surface area contributed by atoms with Gasteiger partial charge >= 0.3 is 0 Å². The maximum absolute atomic E-state index is 11.2. The van der Waals surface area contributed by atoms with Crippen molar-refractivity contribution in [2.24, 2.45) is 0 Å². The van der Waals surface area contributed by atoms with Crippen LogP contribution in [0.25, 0.3) is 0 Å². The average molecular weight is 260 g/mol. The summed E-state index contributed by atoms with van der Waals surface area (Å²) in [4.78, 5) is 11.2. The molecule has 0 radical (unpaired) electrons. The predicted molar refractivity (Wildman–Crippen MR) is 80.0 cm³/mol. The second-order valence-electron chi connectivity index (χ2n) is 5.59. The number of benzene rings is 1. The second kappa shape index (κ2) is 6.35. The van der Waals surface area contributed by atoms with E-state index in [-0.39, 0.29) is 0 Å². The molecule has 1 N–H and O–H groups in total. The van der Waals surface area contributed by atoms with Crippen LogP contribution in [-0.2, 0) is 6.04 Å². The van der Waals surface area contributed by atoms with E-state index < -0.39 is 8.32 Å². The minimum absolute atomic E-state index is 0.574. The van der Waals surface area contributed by atoms with Crippen molar-refractivity contribution in [1.82, 2.24) is 0 Å². The minimum atomic E-state index is -2.21. The molecule has 0 bridgehead atoms. The Hall–Kier alpha value is -0.863. The van der Waals surface area contributed by atoms with Crippen LogP contribution in [0.2, 0.25) is 11.6 Å². The van der Waals surface area contributed by atoms with Gasteiger partial charge in [0.15, 0.2) is 8.32 Å². The first-order chi connectivity index (χ1) is 8.74. The Balaban J connectivity index is 2.12. The molecule has 18 heavy (non-hydrogen) atoms. The minimum Gasteiger partial charge on any atom is -0.431 e. The van der Waals surface area contributed by atoms with E-state index in [1.807, 2.05) is 12.1 Å². The van der Waals surface area contributed by atoms with Crippen LogP contribution in [-0.4, -0.2) is 13.1 Å². The molecule has 1 unspecified atom stereocenters. The molecule has 0 aliphatic heterocycles. The van der Waals surface area contributed by atoms with Crippen LogP contribution >= 0.6 is 0 Å². The summed E-state index contributed by atoms with van der Waals surface area (Å²) in [6.07, 6.45) is 8.33. The van der Waals surface area contributed by atoms with Crippen LogP contribution < -0.4 is 0 Å². The van der Waals surface area contributed by atoms with Crippen molar-refractivity contribution >= 4 is 8.32 Å². The molecule has 1 aromatic rings. The summed E-state index contributed by atoms with van der Waals surface area (Å²) >= 11 is 0. The van der Waals surface area contributed by atoms with Gasteiger partial charge in [-0.05, 0) is 23.2 Å². The Morgan fingerprint density at radius 1 is 1.17 bits per heavy atom. The van der Waals surface area contributed by atoms with Crippen molar-refractivity contribution in [2.45, 2.75) is 49.7 Å². The number of allylic oxidation sites excluding steroid dienone is 1. The highest BCUT2D eigenvalue weighted by atomic mass is 28.4. The molecule has 1 nitrogen and oxygen atoms in total. The lowest BCUT2D eigenvalue weighted by Crippen LogP contribution is -2.43. The van der Waals surface area contributed by atoms with E-state index in [0.29, 0.717) is 5.54 Å². The first-order valence-corrected chi connectivity index (χ1v) is 9.56. The third kappa shape index (κ3) is 3.33. The molecule has 0 amide bonds. The first kappa shape index (κ1) is 13.6. The highest BCUT2D eigenvalue weighted by Crippen LogP contribution is 2.39. The van der Waals surface area contributed by atoms with E-state index in [0.717, 1.165) is 12.1 Å². The lowest BCUT2D eigenvalue weighted by Gasteiger charge is -2.35. The summed E-state index contributed by atoms with van der Waals surface area (Å²) in [5.41, 5.74) is 1.86. The average Bonchev–Trinajstić information content (AvgIpc) is 2.41. The van der Waals surface area contributed by atoms with Gasteiger partial charge in [-0.25, -0.2) is 0 Å². The van der Waals surface area contributed by atoms with Crippen molar-refractivity contribution in [1.29, 1.82) is 0 Å². The molecule has 0 heterocycles. The Kier molecular flexibility index (Phi) is 4.78. The van der Waals surface area contributed by atoms with Crippen LogP contribution in [0.5, 0.6) is 0 Å². The summed E-state index contributed by atoms with van der Waals surface area (Å²) in [6, 6.07) is 12.2. The van der Waals surface area contributed by atoms with Gasteiger partial charge in [-0.15, -0.1) is 6.58 Å². The topological polar surface area (TPSA) is 20.2 Å². The highest BCUT2D eigenvalue weighted by Gasteiger charge is 2.39. The molecule has 1 aliphatic rings. The van der Waals surface area contributed by atoms with E-state index in [2.05, 4.69) is 30.8 Å². The lowest BCUT2D eigenvalue weighted by atomic mass is 10.0. The van der Waals surface area contributed by atoms with Crippen LogP contribution in [0.4, 0.5) is 0 Å². The molecule has 1 aliphatic carbocycles. The molecule has 1 saturated carbocycles. The second-order valence-corrected chi connectivity index (χ2v) is 9.38. The number of hydrogen-bond acceptors (Lipinski definition) is 1. The van der Waals surface area contributed by atoms with Crippen molar-refractivity contribution in [3.05, 3.63) is 48.6 Å². The zero-order valence-electron chi connectivity index (χ0n) is 11.1. The zero-order valence-corrected chi connectivity index (χ0v) is 12.1. The Bertz CT molecular complexity index is 370. The van der Waals surface area contributed by atoms with E-state index in [1.54, 1.807) is 0 Å².